The molecule has 1 fully saturated rings. The molecule has 2 N–H and O–H groups in total. The van der Waals surface area contributed by atoms with E-state index in [1.54, 1.807) is 18.2 Å². The summed E-state index contributed by atoms with van der Waals surface area (Å²) in [5, 5.41) is 14.7. The van der Waals surface area contributed by atoms with E-state index in [9.17, 15) is 4.79 Å². The second-order valence-corrected chi connectivity index (χ2v) is 7.31. The lowest BCUT2D eigenvalue weighted by atomic mass is 10.1. The average Bonchev–Trinajstić information content (AvgIpc) is 2.80. The maximum absolute atomic E-state index is 12.3. The molecule has 1 saturated heterocycles. The standard InChI is InChI=1S/C22H22ClN5O3/c1-30-20-8-4-16(23)14-19(20)25-22(29)24-17-5-2-15(3-6-17)18-7-9-21(27-26-18)28-10-12-31-13-11-28/h2-9,14H,10-13H2,1H3,(H2,24,25,29). The summed E-state index contributed by atoms with van der Waals surface area (Å²) in [7, 11) is 1.53. The van der Waals surface area contributed by atoms with E-state index in [0.29, 0.717) is 35.4 Å². The number of aromatic nitrogens is 2. The summed E-state index contributed by atoms with van der Waals surface area (Å²) in [5.74, 6) is 1.37. The molecule has 0 spiro atoms. The van der Waals surface area contributed by atoms with Gasteiger partial charge in [-0.1, -0.05) is 23.7 Å². The minimum absolute atomic E-state index is 0.400. The van der Waals surface area contributed by atoms with Gasteiger partial charge in [0.1, 0.15) is 5.75 Å². The van der Waals surface area contributed by atoms with Crippen LogP contribution in [0.1, 0.15) is 0 Å². The number of carbonyl (C=O) groups excluding carboxylic acids is 1. The first kappa shape index (κ1) is 20.9. The van der Waals surface area contributed by atoms with E-state index in [-0.39, 0.29) is 0 Å². The van der Waals surface area contributed by atoms with Crippen LogP contribution in [0.25, 0.3) is 11.3 Å². The number of anilines is 3. The molecule has 2 aromatic carbocycles. The van der Waals surface area contributed by atoms with Crippen molar-refractivity contribution in [1.82, 2.24) is 10.2 Å². The summed E-state index contributed by atoms with van der Waals surface area (Å²) in [6.45, 7) is 3.04. The SMILES string of the molecule is COc1ccc(Cl)cc1NC(=O)Nc1ccc(-c2ccc(N3CCOCC3)nn2)cc1. The van der Waals surface area contributed by atoms with E-state index in [0.717, 1.165) is 30.2 Å². The number of rotatable bonds is 5. The normalized spacial score (nSPS) is 13.5. The highest BCUT2D eigenvalue weighted by Crippen LogP contribution is 2.28. The summed E-state index contributed by atoms with van der Waals surface area (Å²) in [4.78, 5) is 14.5. The zero-order valence-corrected chi connectivity index (χ0v) is 17.7. The van der Waals surface area contributed by atoms with Crippen molar-refractivity contribution in [3.8, 4) is 17.0 Å². The maximum Gasteiger partial charge on any atom is 0.323 e. The van der Waals surface area contributed by atoms with Crippen LogP contribution in [0.3, 0.4) is 0 Å². The number of amides is 2. The number of ether oxygens (including phenoxy) is 2. The van der Waals surface area contributed by atoms with Gasteiger partial charge in [-0.2, -0.15) is 0 Å². The summed E-state index contributed by atoms with van der Waals surface area (Å²) in [6, 6.07) is 15.9. The molecule has 4 rings (SSSR count). The number of nitrogens with zero attached hydrogens (tertiary/aromatic N) is 3. The molecule has 0 aliphatic carbocycles. The Balaban J connectivity index is 1.39. The molecule has 2 heterocycles. The zero-order chi connectivity index (χ0) is 21.6. The highest BCUT2D eigenvalue weighted by atomic mass is 35.5. The smallest absolute Gasteiger partial charge is 0.323 e. The summed E-state index contributed by atoms with van der Waals surface area (Å²) < 4.78 is 10.6. The second-order valence-electron chi connectivity index (χ2n) is 6.88. The van der Waals surface area contributed by atoms with E-state index in [1.807, 2.05) is 36.4 Å². The van der Waals surface area contributed by atoms with Crippen molar-refractivity contribution in [3.63, 3.8) is 0 Å². The Kier molecular flexibility index (Phi) is 6.49. The largest absolute Gasteiger partial charge is 0.495 e. The lowest BCUT2D eigenvalue weighted by Gasteiger charge is -2.27. The summed E-state index contributed by atoms with van der Waals surface area (Å²) in [6.07, 6.45) is 0. The fourth-order valence-electron chi connectivity index (χ4n) is 3.23. The van der Waals surface area contributed by atoms with Gasteiger partial charge in [-0.15, -0.1) is 10.2 Å². The third-order valence-corrected chi connectivity index (χ3v) is 5.07. The molecule has 0 unspecified atom stereocenters. The maximum atomic E-state index is 12.3. The molecule has 0 bridgehead atoms. The van der Waals surface area contributed by atoms with Crippen LogP contribution in [0.15, 0.2) is 54.6 Å². The van der Waals surface area contributed by atoms with Gasteiger partial charge in [-0.25, -0.2) is 4.79 Å². The third kappa shape index (κ3) is 5.22. The van der Waals surface area contributed by atoms with Gasteiger partial charge < -0.3 is 25.0 Å². The molecule has 9 heteroatoms. The lowest BCUT2D eigenvalue weighted by Crippen LogP contribution is -2.36. The van der Waals surface area contributed by atoms with Crippen molar-refractivity contribution in [2.75, 3.05) is 48.9 Å². The number of hydrogen-bond acceptors (Lipinski definition) is 6. The zero-order valence-electron chi connectivity index (χ0n) is 17.0. The van der Waals surface area contributed by atoms with Gasteiger partial charge in [0, 0.05) is 29.4 Å². The van der Waals surface area contributed by atoms with Crippen molar-refractivity contribution >= 4 is 34.8 Å². The number of benzene rings is 2. The van der Waals surface area contributed by atoms with Crippen molar-refractivity contribution in [3.05, 3.63) is 59.6 Å². The molecule has 0 atom stereocenters. The summed E-state index contributed by atoms with van der Waals surface area (Å²) in [5.41, 5.74) is 2.79. The van der Waals surface area contributed by atoms with Crippen LogP contribution in [-0.4, -0.2) is 49.6 Å². The van der Waals surface area contributed by atoms with Crippen LogP contribution < -0.4 is 20.3 Å². The van der Waals surface area contributed by atoms with E-state index in [1.165, 1.54) is 7.11 Å². The third-order valence-electron chi connectivity index (χ3n) is 4.83. The van der Waals surface area contributed by atoms with Gasteiger partial charge >= 0.3 is 6.03 Å². The minimum atomic E-state index is -0.400. The fraction of sp³-hybridized carbons (Fsp3) is 0.227. The van der Waals surface area contributed by atoms with Crippen LogP contribution in [0.5, 0.6) is 5.75 Å². The molecule has 2 amide bonds. The molecular formula is C22H22ClN5O3. The van der Waals surface area contributed by atoms with E-state index in [2.05, 4.69) is 25.7 Å². The first-order chi connectivity index (χ1) is 15.1. The molecule has 1 aliphatic heterocycles. The Morgan fingerprint density at radius 3 is 2.48 bits per heavy atom. The predicted molar refractivity (Wildman–Crippen MR) is 121 cm³/mol. The molecule has 1 aromatic heterocycles. The molecule has 0 saturated carbocycles. The number of halogens is 1. The number of nitrogens with one attached hydrogen (secondary N) is 2. The van der Waals surface area contributed by atoms with Crippen molar-refractivity contribution < 1.29 is 14.3 Å². The van der Waals surface area contributed by atoms with Crippen LogP contribution in [0, 0.1) is 0 Å². The Morgan fingerprint density at radius 2 is 1.81 bits per heavy atom. The van der Waals surface area contributed by atoms with Gasteiger partial charge in [0.2, 0.25) is 0 Å². The topological polar surface area (TPSA) is 88.6 Å². The lowest BCUT2D eigenvalue weighted by molar-refractivity contribution is 0.122. The Labute approximate surface area is 185 Å². The average molecular weight is 440 g/mol. The predicted octanol–water partition coefficient (Wildman–Crippen LogP) is 4.29. The van der Waals surface area contributed by atoms with E-state index >= 15 is 0 Å². The van der Waals surface area contributed by atoms with Gasteiger partial charge in [0.05, 0.1) is 31.7 Å². The molecule has 8 nitrogen and oxygen atoms in total. The molecule has 160 valence electrons. The van der Waals surface area contributed by atoms with Gasteiger partial charge in [-0.05, 0) is 42.5 Å². The van der Waals surface area contributed by atoms with Crippen LogP contribution in [0.4, 0.5) is 22.0 Å². The van der Waals surface area contributed by atoms with Gasteiger partial charge in [0.15, 0.2) is 5.82 Å². The molecule has 3 aromatic rings. The van der Waals surface area contributed by atoms with Gasteiger partial charge in [-0.3, -0.25) is 0 Å². The molecule has 0 radical (unpaired) electrons. The van der Waals surface area contributed by atoms with Crippen molar-refractivity contribution in [2.45, 2.75) is 0 Å². The minimum Gasteiger partial charge on any atom is -0.495 e. The Morgan fingerprint density at radius 1 is 1.03 bits per heavy atom. The molecular weight excluding hydrogens is 418 g/mol. The number of hydrogen-bond donors (Lipinski definition) is 2. The van der Waals surface area contributed by atoms with E-state index < -0.39 is 6.03 Å². The van der Waals surface area contributed by atoms with Gasteiger partial charge in [0.25, 0.3) is 0 Å². The first-order valence-corrected chi connectivity index (χ1v) is 10.2. The van der Waals surface area contributed by atoms with Crippen LogP contribution in [-0.2, 0) is 4.74 Å². The molecule has 1 aliphatic rings. The number of morpholine rings is 1. The highest BCUT2D eigenvalue weighted by Gasteiger charge is 2.13. The second kappa shape index (κ2) is 9.63. The summed E-state index contributed by atoms with van der Waals surface area (Å²) >= 11 is 6.00. The Bertz CT molecular complexity index is 1040. The van der Waals surface area contributed by atoms with Crippen molar-refractivity contribution in [1.29, 1.82) is 0 Å². The fourth-order valence-corrected chi connectivity index (χ4v) is 3.40. The molecule has 31 heavy (non-hydrogen) atoms. The Hall–Kier alpha value is -3.36. The highest BCUT2D eigenvalue weighted by molar-refractivity contribution is 6.31. The number of urea groups is 1. The van der Waals surface area contributed by atoms with Crippen LogP contribution in [0.2, 0.25) is 5.02 Å². The quantitative estimate of drug-likeness (QED) is 0.616. The van der Waals surface area contributed by atoms with E-state index in [4.69, 9.17) is 21.1 Å². The van der Waals surface area contributed by atoms with Crippen LogP contribution >= 0.6 is 11.6 Å². The number of methoxy groups -OCH3 is 1. The first-order valence-electron chi connectivity index (χ1n) is 9.81. The monoisotopic (exact) mass is 439 g/mol. The number of carbonyl (C=O) groups is 1. The van der Waals surface area contributed by atoms with Crippen molar-refractivity contribution in [2.24, 2.45) is 0 Å².